The van der Waals surface area contributed by atoms with Crippen LogP contribution in [0.4, 0.5) is 5.69 Å². The zero-order valence-electron chi connectivity index (χ0n) is 16.1. The number of rotatable bonds is 6. The average molecular weight is 389 g/mol. The molecule has 0 spiro atoms. The number of halogens is 1. The van der Waals surface area contributed by atoms with Crippen molar-refractivity contribution in [3.8, 4) is 0 Å². The molecule has 0 saturated heterocycles. The molecule has 1 atom stereocenters. The fourth-order valence-corrected chi connectivity index (χ4v) is 4.58. The van der Waals surface area contributed by atoms with E-state index in [0.717, 1.165) is 17.0 Å². The SMILES string of the molecule is CC(C(=O)NC(C)(C)CC(C)(C)C)N(c1cccc(Cl)c1)S(C)(=O)=O. The van der Waals surface area contributed by atoms with Crippen LogP contribution in [-0.2, 0) is 14.8 Å². The molecular formula is C18H29ClN2O3S. The third-order valence-electron chi connectivity index (χ3n) is 3.59. The number of amides is 1. The van der Waals surface area contributed by atoms with E-state index in [2.05, 4.69) is 26.1 Å². The van der Waals surface area contributed by atoms with Gasteiger partial charge in [-0.05, 0) is 50.8 Å². The summed E-state index contributed by atoms with van der Waals surface area (Å²) in [5.41, 5.74) is -0.0591. The zero-order chi connectivity index (χ0) is 19.6. The molecule has 1 aromatic carbocycles. The van der Waals surface area contributed by atoms with E-state index in [1.807, 2.05) is 13.8 Å². The van der Waals surface area contributed by atoms with Gasteiger partial charge in [0.25, 0.3) is 0 Å². The first-order chi connectivity index (χ1) is 11.1. The number of carbonyl (C=O) groups excluding carboxylic acids is 1. The van der Waals surface area contributed by atoms with E-state index in [4.69, 9.17) is 11.6 Å². The topological polar surface area (TPSA) is 66.5 Å². The Morgan fingerprint density at radius 3 is 2.24 bits per heavy atom. The van der Waals surface area contributed by atoms with Crippen molar-refractivity contribution >= 4 is 33.2 Å². The lowest BCUT2D eigenvalue weighted by Crippen LogP contribution is -2.54. The number of hydrogen-bond acceptors (Lipinski definition) is 3. The Morgan fingerprint density at radius 2 is 1.80 bits per heavy atom. The van der Waals surface area contributed by atoms with Gasteiger partial charge in [0.05, 0.1) is 11.9 Å². The van der Waals surface area contributed by atoms with E-state index in [9.17, 15) is 13.2 Å². The van der Waals surface area contributed by atoms with E-state index in [0.29, 0.717) is 10.7 Å². The molecular weight excluding hydrogens is 360 g/mol. The van der Waals surface area contributed by atoms with Gasteiger partial charge in [-0.3, -0.25) is 9.10 Å². The van der Waals surface area contributed by atoms with Gasteiger partial charge in [0, 0.05) is 10.6 Å². The minimum atomic E-state index is -3.66. The fraction of sp³-hybridized carbons (Fsp3) is 0.611. The minimum Gasteiger partial charge on any atom is -0.349 e. The summed E-state index contributed by atoms with van der Waals surface area (Å²) in [5.74, 6) is -0.348. The summed E-state index contributed by atoms with van der Waals surface area (Å²) in [6, 6.07) is 5.57. The fourth-order valence-electron chi connectivity index (χ4n) is 3.23. The molecule has 0 aliphatic heterocycles. The number of sulfonamides is 1. The maximum atomic E-state index is 12.7. The summed E-state index contributed by atoms with van der Waals surface area (Å²) < 4.78 is 25.7. The molecule has 0 bridgehead atoms. The quantitative estimate of drug-likeness (QED) is 0.805. The summed E-state index contributed by atoms with van der Waals surface area (Å²) >= 11 is 5.98. The molecule has 0 heterocycles. The maximum absolute atomic E-state index is 12.7. The lowest BCUT2D eigenvalue weighted by atomic mass is 9.81. The van der Waals surface area contributed by atoms with Crippen LogP contribution < -0.4 is 9.62 Å². The third-order valence-corrected chi connectivity index (χ3v) is 5.06. The van der Waals surface area contributed by atoms with Crippen molar-refractivity contribution in [1.82, 2.24) is 5.32 Å². The number of hydrogen-bond donors (Lipinski definition) is 1. The summed E-state index contributed by atoms with van der Waals surface area (Å²) in [7, 11) is -3.66. The van der Waals surface area contributed by atoms with Crippen molar-refractivity contribution in [1.29, 1.82) is 0 Å². The van der Waals surface area contributed by atoms with E-state index in [1.165, 1.54) is 6.07 Å². The van der Waals surface area contributed by atoms with Gasteiger partial charge in [-0.2, -0.15) is 0 Å². The van der Waals surface area contributed by atoms with Crippen LogP contribution >= 0.6 is 11.6 Å². The van der Waals surface area contributed by atoms with Gasteiger partial charge in [0.1, 0.15) is 6.04 Å². The predicted octanol–water partition coefficient (Wildman–Crippen LogP) is 3.83. The molecule has 1 amide bonds. The lowest BCUT2D eigenvalue weighted by molar-refractivity contribution is -0.123. The monoisotopic (exact) mass is 388 g/mol. The molecule has 7 heteroatoms. The van der Waals surface area contributed by atoms with Crippen LogP contribution in [0.25, 0.3) is 0 Å². The molecule has 0 aromatic heterocycles. The normalized spacial score (nSPS) is 14.1. The lowest BCUT2D eigenvalue weighted by Gasteiger charge is -2.36. The maximum Gasteiger partial charge on any atom is 0.244 e. The largest absolute Gasteiger partial charge is 0.349 e. The molecule has 1 rings (SSSR count). The second kappa shape index (κ2) is 7.54. The van der Waals surface area contributed by atoms with Crippen LogP contribution in [0.3, 0.4) is 0 Å². The van der Waals surface area contributed by atoms with Crippen molar-refractivity contribution in [3.05, 3.63) is 29.3 Å². The molecule has 1 aromatic rings. The first kappa shape index (κ1) is 21.8. The number of benzene rings is 1. The number of nitrogens with one attached hydrogen (secondary N) is 1. The van der Waals surface area contributed by atoms with Crippen molar-refractivity contribution in [3.63, 3.8) is 0 Å². The van der Waals surface area contributed by atoms with Gasteiger partial charge in [0.15, 0.2) is 0 Å². The van der Waals surface area contributed by atoms with Gasteiger partial charge in [0.2, 0.25) is 15.9 Å². The highest BCUT2D eigenvalue weighted by molar-refractivity contribution is 7.92. The van der Waals surface area contributed by atoms with Crippen molar-refractivity contribution in [2.75, 3.05) is 10.6 Å². The Labute approximate surface area is 156 Å². The second-order valence-corrected chi connectivity index (χ2v) is 10.6. The summed E-state index contributed by atoms with van der Waals surface area (Å²) in [6.45, 7) is 11.7. The zero-order valence-corrected chi connectivity index (χ0v) is 17.6. The van der Waals surface area contributed by atoms with Crippen LogP contribution in [0.1, 0.15) is 48.0 Å². The predicted molar refractivity (Wildman–Crippen MR) is 105 cm³/mol. The number of carbonyl (C=O) groups is 1. The Balaban J connectivity index is 3.10. The Hall–Kier alpha value is -1.27. The molecule has 0 aliphatic carbocycles. The van der Waals surface area contributed by atoms with E-state index < -0.39 is 21.6 Å². The molecule has 0 radical (unpaired) electrons. The van der Waals surface area contributed by atoms with Gasteiger partial charge in [-0.15, -0.1) is 0 Å². The highest BCUT2D eigenvalue weighted by Gasteiger charge is 2.33. The molecule has 25 heavy (non-hydrogen) atoms. The average Bonchev–Trinajstić information content (AvgIpc) is 2.33. The summed E-state index contributed by atoms with van der Waals surface area (Å²) in [6.07, 6.45) is 1.84. The van der Waals surface area contributed by atoms with E-state index in [1.54, 1.807) is 25.1 Å². The molecule has 0 saturated carbocycles. The molecule has 142 valence electrons. The first-order valence-electron chi connectivity index (χ1n) is 8.19. The minimum absolute atomic E-state index is 0.0312. The Morgan fingerprint density at radius 1 is 1.24 bits per heavy atom. The van der Waals surface area contributed by atoms with Crippen LogP contribution in [-0.4, -0.2) is 32.2 Å². The van der Waals surface area contributed by atoms with E-state index >= 15 is 0 Å². The summed E-state index contributed by atoms with van der Waals surface area (Å²) in [5, 5.41) is 3.38. The van der Waals surface area contributed by atoms with Crippen LogP contribution in [0, 0.1) is 5.41 Å². The van der Waals surface area contributed by atoms with Gasteiger partial charge >= 0.3 is 0 Å². The second-order valence-electron chi connectivity index (χ2n) is 8.33. The molecule has 5 nitrogen and oxygen atoms in total. The van der Waals surface area contributed by atoms with Gasteiger partial charge in [-0.25, -0.2) is 8.42 Å². The smallest absolute Gasteiger partial charge is 0.244 e. The Bertz CT molecular complexity index is 724. The van der Waals surface area contributed by atoms with Crippen molar-refractivity contribution in [2.45, 2.75) is 59.5 Å². The van der Waals surface area contributed by atoms with Gasteiger partial charge in [-0.1, -0.05) is 38.4 Å². The number of nitrogens with zero attached hydrogens (tertiary/aromatic N) is 1. The molecule has 1 unspecified atom stereocenters. The van der Waals surface area contributed by atoms with Crippen LogP contribution in [0.5, 0.6) is 0 Å². The Kier molecular flexibility index (Phi) is 6.57. The third kappa shape index (κ3) is 6.86. The van der Waals surface area contributed by atoms with Gasteiger partial charge < -0.3 is 5.32 Å². The standard InChI is InChI=1S/C18H29ClN2O3S/c1-13(16(22)20-18(5,6)12-17(2,3)4)21(25(7,23)24)15-10-8-9-14(19)11-15/h8-11,13H,12H2,1-7H3,(H,20,22). The van der Waals surface area contributed by atoms with Crippen LogP contribution in [0.2, 0.25) is 5.02 Å². The summed E-state index contributed by atoms with van der Waals surface area (Å²) in [4.78, 5) is 12.7. The van der Waals surface area contributed by atoms with Crippen molar-refractivity contribution in [2.24, 2.45) is 5.41 Å². The molecule has 0 aliphatic rings. The highest BCUT2D eigenvalue weighted by Crippen LogP contribution is 2.28. The highest BCUT2D eigenvalue weighted by atomic mass is 35.5. The van der Waals surface area contributed by atoms with Crippen molar-refractivity contribution < 1.29 is 13.2 Å². The van der Waals surface area contributed by atoms with Crippen LogP contribution in [0.15, 0.2) is 24.3 Å². The molecule has 0 fully saturated rings. The first-order valence-corrected chi connectivity index (χ1v) is 10.4. The number of anilines is 1. The van der Waals surface area contributed by atoms with E-state index in [-0.39, 0.29) is 11.3 Å². The molecule has 1 N–H and O–H groups in total.